The van der Waals surface area contributed by atoms with Crippen LogP contribution in [0.2, 0.25) is 0 Å². The van der Waals surface area contributed by atoms with Gasteiger partial charge in [0, 0.05) is 10.8 Å². The number of benzene rings is 6. The Labute approximate surface area is 288 Å². The zero-order valence-corrected chi connectivity index (χ0v) is 29.0. The van der Waals surface area contributed by atoms with Gasteiger partial charge < -0.3 is 11.5 Å². The molecule has 0 aromatic heterocycles. The Morgan fingerprint density at radius 3 is 1.10 bits per heavy atom. The summed E-state index contributed by atoms with van der Waals surface area (Å²) in [5.41, 5.74) is 18.2. The summed E-state index contributed by atoms with van der Waals surface area (Å²) >= 11 is 0. The van der Waals surface area contributed by atoms with Gasteiger partial charge in [0.25, 0.3) is 20.2 Å². The molecule has 0 bridgehead atoms. The third kappa shape index (κ3) is 6.44. The van der Waals surface area contributed by atoms with Crippen LogP contribution in [-0.2, 0) is 20.2 Å². The lowest BCUT2D eigenvalue weighted by Crippen LogP contribution is -2.01. The van der Waals surface area contributed by atoms with Gasteiger partial charge >= 0.3 is 0 Å². The molecule has 0 aliphatic carbocycles. The van der Waals surface area contributed by atoms with Crippen molar-refractivity contribution in [1.82, 2.24) is 0 Å². The first-order valence-corrected chi connectivity index (χ1v) is 18.1. The number of azo groups is 2. The molecule has 12 nitrogen and oxygen atoms in total. The first kappa shape index (κ1) is 34.3. The Morgan fingerprint density at radius 1 is 0.480 bits per heavy atom. The smallest absolute Gasteiger partial charge is 0.296 e. The molecule has 6 N–H and O–H groups in total. The molecule has 0 fully saturated rings. The predicted molar refractivity (Wildman–Crippen MR) is 196 cm³/mol. The van der Waals surface area contributed by atoms with Gasteiger partial charge in [0.15, 0.2) is 0 Å². The van der Waals surface area contributed by atoms with Crippen LogP contribution in [0.1, 0.15) is 22.3 Å². The summed E-state index contributed by atoms with van der Waals surface area (Å²) in [5, 5.41) is 19.4. The maximum absolute atomic E-state index is 12.3. The summed E-state index contributed by atoms with van der Waals surface area (Å²) < 4.78 is 68.9. The SMILES string of the molecule is Cc1cc(-c2cc(C)c(N=Nc3c(S(=O)(=O)O)cc4ccccc4c3N)c(C)c2)cc(C)c1N=Nc1c(S(=O)(=O)O)cc2ccccc2c1N. The molecule has 6 aromatic rings. The monoisotopic (exact) mass is 708 g/mol. The van der Waals surface area contributed by atoms with Crippen molar-refractivity contribution in [2.24, 2.45) is 20.5 Å². The van der Waals surface area contributed by atoms with Crippen LogP contribution in [0, 0.1) is 27.7 Å². The van der Waals surface area contributed by atoms with Crippen LogP contribution in [0.25, 0.3) is 32.7 Å². The number of rotatable bonds is 7. The number of hydrogen-bond donors (Lipinski definition) is 4. The van der Waals surface area contributed by atoms with Crippen molar-refractivity contribution in [1.29, 1.82) is 0 Å². The Bertz CT molecular complexity index is 2440. The van der Waals surface area contributed by atoms with Crippen LogP contribution in [-0.4, -0.2) is 25.9 Å². The molecule has 0 saturated carbocycles. The van der Waals surface area contributed by atoms with E-state index in [1.54, 1.807) is 48.5 Å². The van der Waals surface area contributed by atoms with Gasteiger partial charge in [-0.25, -0.2) is 0 Å². The van der Waals surface area contributed by atoms with Crippen molar-refractivity contribution in [3.63, 3.8) is 0 Å². The molecule has 50 heavy (non-hydrogen) atoms. The minimum absolute atomic E-state index is 0.0760. The van der Waals surface area contributed by atoms with Gasteiger partial charge in [-0.05, 0) is 108 Å². The Kier molecular flexibility index (Phi) is 8.74. The molecule has 0 aliphatic rings. The summed E-state index contributed by atoms with van der Waals surface area (Å²) in [7, 11) is -9.32. The van der Waals surface area contributed by atoms with Crippen molar-refractivity contribution >= 4 is 75.9 Å². The molecular formula is C36H32N6O6S2. The Morgan fingerprint density at radius 2 is 0.780 bits per heavy atom. The zero-order chi connectivity index (χ0) is 36.1. The largest absolute Gasteiger partial charge is 0.396 e. The number of nitrogen functional groups attached to an aromatic ring is 2. The van der Waals surface area contributed by atoms with Crippen molar-refractivity contribution in [3.05, 3.63) is 107 Å². The van der Waals surface area contributed by atoms with Crippen LogP contribution >= 0.6 is 0 Å². The molecule has 6 aromatic carbocycles. The van der Waals surface area contributed by atoms with E-state index in [1.165, 1.54) is 12.1 Å². The molecule has 0 spiro atoms. The van der Waals surface area contributed by atoms with Crippen LogP contribution in [0.5, 0.6) is 0 Å². The van der Waals surface area contributed by atoms with E-state index < -0.39 is 30.0 Å². The van der Waals surface area contributed by atoms with Crippen LogP contribution in [0.15, 0.2) is 115 Å². The molecule has 0 radical (unpaired) electrons. The molecule has 0 aliphatic heterocycles. The standard InChI is InChI=1S/C36H32N6O6S2/c1-19-13-25(14-20(2)33(19)39-41-35-29(49(43,44)45)17-23-9-5-7-11-27(23)31(35)37)26-15-21(3)34(22(4)16-26)40-42-36-30(50(46,47)48)18-24-10-6-8-12-28(24)32(36)38/h5-18H,37-38H2,1-4H3,(H,43,44,45)(H,46,47,48). The molecule has 0 atom stereocenters. The maximum Gasteiger partial charge on any atom is 0.296 e. The minimum Gasteiger partial charge on any atom is -0.396 e. The van der Waals surface area contributed by atoms with E-state index in [0.717, 1.165) is 33.4 Å². The van der Waals surface area contributed by atoms with E-state index in [0.29, 0.717) is 32.9 Å². The van der Waals surface area contributed by atoms with Gasteiger partial charge in [0.1, 0.15) is 21.2 Å². The fourth-order valence-electron chi connectivity index (χ4n) is 6.04. The molecule has 0 amide bonds. The molecule has 0 saturated heterocycles. The highest BCUT2D eigenvalue weighted by Crippen LogP contribution is 2.42. The van der Waals surface area contributed by atoms with Crippen molar-refractivity contribution < 1.29 is 25.9 Å². The average molecular weight is 709 g/mol. The summed E-state index contributed by atoms with van der Waals surface area (Å²) in [5.74, 6) is 0. The Hall–Kier alpha value is -5.54. The summed E-state index contributed by atoms with van der Waals surface area (Å²) in [6.45, 7) is 7.39. The second-order valence-electron chi connectivity index (χ2n) is 12.0. The second-order valence-corrected chi connectivity index (χ2v) is 14.8. The van der Waals surface area contributed by atoms with Crippen molar-refractivity contribution in [2.45, 2.75) is 37.5 Å². The number of anilines is 2. The van der Waals surface area contributed by atoms with E-state index in [1.807, 2.05) is 52.0 Å². The van der Waals surface area contributed by atoms with E-state index in [2.05, 4.69) is 20.5 Å². The van der Waals surface area contributed by atoms with Crippen LogP contribution in [0.3, 0.4) is 0 Å². The first-order chi connectivity index (χ1) is 23.5. The van der Waals surface area contributed by atoms with E-state index >= 15 is 0 Å². The quantitative estimate of drug-likeness (QED) is 0.0711. The third-order valence-electron chi connectivity index (χ3n) is 8.42. The van der Waals surface area contributed by atoms with Gasteiger partial charge in [0.05, 0.1) is 22.7 Å². The number of fused-ring (bicyclic) bond motifs is 2. The van der Waals surface area contributed by atoms with Gasteiger partial charge in [-0.1, -0.05) is 48.5 Å². The van der Waals surface area contributed by atoms with Gasteiger partial charge in [0.2, 0.25) is 0 Å². The second kappa shape index (κ2) is 12.7. The summed E-state index contributed by atoms with van der Waals surface area (Å²) in [6.07, 6.45) is 0. The first-order valence-electron chi connectivity index (χ1n) is 15.2. The lowest BCUT2D eigenvalue weighted by molar-refractivity contribution is 0.481. The topological polar surface area (TPSA) is 210 Å². The van der Waals surface area contributed by atoms with Gasteiger partial charge in [-0.2, -0.15) is 16.8 Å². The van der Waals surface area contributed by atoms with E-state index in [9.17, 15) is 25.9 Å². The maximum atomic E-state index is 12.3. The fourth-order valence-corrected chi connectivity index (χ4v) is 7.38. The normalized spacial score (nSPS) is 12.5. The van der Waals surface area contributed by atoms with Gasteiger partial charge in [-0.15, -0.1) is 20.5 Å². The molecule has 0 unspecified atom stereocenters. The average Bonchev–Trinajstić information content (AvgIpc) is 3.04. The number of aryl methyl sites for hydroxylation is 4. The minimum atomic E-state index is -4.66. The van der Waals surface area contributed by atoms with Crippen LogP contribution in [0.4, 0.5) is 34.1 Å². The highest BCUT2D eigenvalue weighted by Gasteiger charge is 2.22. The number of hydrogen-bond acceptors (Lipinski definition) is 10. The summed E-state index contributed by atoms with van der Waals surface area (Å²) in [6, 6.07) is 24.1. The molecule has 14 heteroatoms. The van der Waals surface area contributed by atoms with E-state index in [-0.39, 0.29) is 22.7 Å². The lowest BCUT2D eigenvalue weighted by atomic mass is 9.95. The lowest BCUT2D eigenvalue weighted by Gasteiger charge is -2.13. The number of nitrogens with two attached hydrogens (primary N) is 2. The fraction of sp³-hybridized carbons (Fsp3) is 0.111. The molecule has 6 rings (SSSR count). The number of nitrogens with zero attached hydrogens (tertiary/aromatic N) is 4. The van der Waals surface area contributed by atoms with Crippen molar-refractivity contribution in [3.8, 4) is 11.1 Å². The zero-order valence-electron chi connectivity index (χ0n) is 27.4. The molecule has 254 valence electrons. The highest BCUT2D eigenvalue weighted by molar-refractivity contribution is 7.86. The van der Waals surface area contributed by atoms with Crippen LogP contribution < -0.4 is 11.5 Å². The summed E-state index contributed by atoms with van der Waals surface area (Å²) in [4.78, 5) is -0.879. The predicted octanol–water partition coefficient (Wildman–Crippen LogP) is 9.38. The third-order valence-corrected chi connectivity index (χ3v) is 10.2. The van der Waals surface area contributed by atoms with Gasteiger partial charge in [-0.3, -0.25) is 9.11 Å². The van der Waals surface area contributed by atoms with Crippen molar-refractivity contribution in [2.75, 3.05) is 11.5 Å². The van der Waals surface area contributed by atoms with E-state index in [4.69, 9.17) is 11.5 Å². The molecule has 0 heterocycles. The Balaban J connectivity index is 1.36. The highest BCUT2D eigenvalue weighted by atomic mass is 32.2. The molecular weight excluding hydrogens is 677 g/mol.